The van der Waals surface area contributed by atoms with E-state index in [1.165, 1.54) is 0 Å². The largest absolute Gasteiger partial charge is 0.837 e. The van der Waals surface area contributed by atoms with E-state index >= 15 is 0 Å². The zero-order valence-electron chi connectivity index (χ0n) is 16.0. The van der Waals surface area contributed by atoms with Gasteiger partial charge in [0.2, 0.25) is 0 Å². The number of benzene rings is 1. The summed E-state index contributed by atoms with van der Waals surface area (Å²) >= 11 is 0. The van der Waals surface area contributed by atoms with Crippen LogP contribution in [0.3, 0.4) is 0 Å². The molecule has 0 saturated heterocycles. The molecule has 0 heterocycles. The van der Waals surface area contributed by atoms with E-state index in [2.05, 4.69) is 20.9 Å². The molecule has 0 radical (unpaired) electrons. The molecular weight excluding hydrogens is 314 g/mol. The van der Waals surface area contributed by atoms with Crippen molar-refractivity contribution in [1.82, 2.24) is 0 Å². The summed E-state index contributed by atoms with van der Waals surface area (Å²) in [4.78, 5) is 12.9. The van der Waals surface area contributed by atoms with Crippen LogP contribution in [0.2, 0.25) is 0 Å². The molecule has 0 aromatic heterocycles. The van der Waals surface area contributed by atoms with Gasteiger partial charge in [-0.1, -0.05) is 62.4 Å². The van der Waals surface area contributed by atoms with Crippen LogP contribution in [0.15, 0.2) is 30.3 Å². The summed E-state index contributed by atoms with van der Waals surface area (Å²) in [6, 6.07) is 9.10. The van der Waals surface area contributed by atoms with Crippen molar-refractivity contribution in [2.24, 2.45) is 5.92 Å². The van der Waals surface area contributed by atoms with E-state index < -0.39 is 11.6 Å². The van der Waals surface area contributed by atoms with Crippen LogP contribution < -0.4 is 5.11 Å². The molecule has 1 aromatic carbocycles. The van der Waals surface area contributed by atoms with Crippen LogP contribution in [0, 0.1) is 5.92 Å². The average molecular weight is 347 g/mol. The molecule has 0 N–H and O–H groups in total. The highest BCUT2D eigenvalue weighted by atomic mass is 16.5. The number of nitrogens with zero attached hydrogens (tertiary/aromatic N) is 1. The van der Waals surface area contributed by atoms with Gasteiger partial charge < -0.3 is 14.3 Å². The van der Waals surface area contributed by atoms with E-state index in [0.29, 0.717) is 12.2 Å². The van der Waals surface area contributed by atoms with Crippen molar-refractivity contribution in [1.29, 1.82) is 0 Å². The zero-order chi connectivity index (χ0) is 18.3. The Labute approximate surface area is 152 Å². The molecule has 4 nitrogen and oxygen atoms in total. The summed E-state index contributed by atoms with van der Waals surface area (Å²) in [5, 5.41) is 13.8. The van der Waals surface area contributed by atoms with Crippen LogP contribution in [0.5, 0.6) is 0 Å². The number of quaternary nitrogens is 1. The van der Waals surface area contributed by atoms with E-state index in [4.69, 9.17) is 4.74 Å². The van der Waals surface area contributed by atoms with Gasteiger partial charge in [0, 0.05) is 5.60 Å². The molecule has 0 spiro atoms. The summed E-state index contributed by atoms with van der Waals surface area (Å²) in [5.74, 6) is -0.765. The Morgan fingerprint density at radius 2 is 1.76 bits per heavy atom. The van der Waals surface area contributed by atoms with E-state index in [-0.39, 0.29) is 5.92 Å². The second-order valence-electron chi connectivity index (χ2n) is 7.55. The molecule has 1 atom stereocenters. The second-order valence-corrected chi connectivity index (χ2v) is 7.55. The summed E-state index contributed by atoms with van der Waals surface area (Å²) in [5.41, 5.74) is -1.22. The molecule has 4 heteroatoms. The van der Waals surface area contributed by atoms with Crippen LogP contribution in [0.25, 0.3) is 0 Å². The Bertz CT molecular complexity index is 535. The Morgan fingerprint density at radius 3 is 2.32 bits per heavy atom. The van der Waals surface area contributed by atoms with Crippen LogP contribution in [-0.4, -0.2) is 43.7 Å². The average Bonchev–Trinajstić information content (AvgIpc) is 2.68. The fourth-order valence-electron chi connectivity index (χ4n) is 3.72. The number of carbonyl (C=O) groups is 1. The summed E-state index contributed by atoms with van der Waals surface area (Å²) in [6.07, 6.45) is 4.82. The van der Waals surface area contributed by atoms with Crippen LogP contribution >= 0.6 is 0 Å². The lowest BCUT2D eigenvalue weighted by atomic mass is 9.73. The van der Waals surface area contributed by atoms with Crippen LogP contribution in [-0.2, 0) is 15.1 Å². The number of ether oxygens (including phenoxy) is 1. The normalized spacial score (nSPS) is 18.6. The first kappa shape index (κ1) is 19.9. The molecule has 1 aliphatic rings. The molecule has 1 aliphatic carbocycles. The van der Waals surface area contributed by atoms with E-state index in [9.17, 15) is 9.90 Å². The van der Waals surface area contributed by atoms with E-state index in [0.717, 1.165) is 56.2 Å². The van der Waals surface area contributed by atoms with E-state index in [1.807, 2.05) is 18.2 Å². The molecule has 0 amide bonds. The second kappa shape index (κ2) is 8.81. The highest BCUT2D eigenvalue weighted by Crippen LogP contribution is 2.38. The number of esters is 1. The quantitative estimate of drug-likeness (QED) is 0.537. The van der Waals surface area contributed by atoms with Crippen molar-refractivity contribution >= 4 is 5.97 Å². The Balaban J connectivity index is 2.13. The predicted molar refractivity (Wildman–Crippen MR) is 97.8 cm³/mol. The van der Waals surface area contributed by atoms with Gasteiger partial charge in [-0.2, -0.15) is 0 Å². The summed E-state index contributed by atoms with van der Waals surface area (Å²) in [7, 11) is 2.15. The molecule has 0 bridgehead atoms. The van der Waals surface area contributed by atoms with Gasteiger partial charge in [-0.15, -0.1) is 0 Å². The minimum atomic E-state index is -1.77. The standard InChI is InChI=1S/C21H33NO3/c1-4-22(3,5-2)16-17-25-20(23)21(24,18-12-8-6-9-13-18)19-14-10-7-11-15-19/h6,8-9,12-13,19H,4-5,7,10-11,14-17H2,1-3H3. The maximum Gasteiger partial charge on any atom is 0.300 e. The number of hydrogen-bond acceptors (Lipinski definition) is 3. The molecule has 1 saturated carbocycles. The lowest BCUT2D eigenvalue weighted by molar-refractivity contribution is -0.906. The first-order valence-corrected chi connectivity index (χ1v) is 9.73. The fourth-order valence-corrected chi connectivity index (χ4v) is 3.72. The minimum Gasteiger partial charge on any atom is -0.837 e. The topological polar surface area (TPSA) is 49.4 Å². The molecule has 0 aliphatic heterocycles. The van der Waals surface area contributed by atoms with Crippen molar-refractivity contribution in [3.8, 4) is 0 Å². The molecular formula is C21H33NO3. The number of rotatable bonds is 8. The molecule has 140 valence electrons. The smallest absolute Gasteiger partial charge is 0.300 e. The first-order valence-electron chi connectivity index (χ1n) is 9.73. The minimum absolute atomic E-state index is 0.172. The molecule has 1 fully saturated rings. The third-order valence-corrected chi connectivity index (χ3v) is 6.08. The summed E-state index contributed by atoms with van der Waals surface area (Å²) < 4.78 is 6.39. The van der Waals surface area contributed by atoms with Gasteiger partial charge >= 0.3 is 0 Å². The van der Waals surface area contributed by atoms with E-state index in [1.54, 1.807) is 12.1 Å². The zero-order valence-corrected chi connectivity index (χ0v) is 16.0. The van der Waals surface area contributed by atoms with Gasteiger partial charge in [0.05, 0.1) is 20.1 Å². The van der Waals surface area contributed by atoms with Gasteiger partial charge in [-0.25, -0.2) is 0 Å². The third-order valence-electron chi connectivity index (χ3n) is 6.08. The number of likely N-dealkylation sites (N-methyl/N-ethyl adjacent to an activating group) is 1. The third kappa shape index (κ3) is 4.62. The molecule has 1 aromatic rings. The Hall–Kier alpha value is -1.39. The van der Waals surface area contributed by atoms with Crippen molar-refractivity contribution in [2.75, 3.05) is 33.3 Å². The van der Waals surface area contributed by atoms with Gasteiger partial charge in [-0.3, -0.25) is 4.79 Å². The highest BCUT2D eigenvalue weighted by Gasteiger charge is 2.38. The van der Waals surface area contributed by atoms with Gasteiger partial charge in [0.25, 0.3) is 5.97 Å². The van der Waals surface area contributed by atoms with Crippen molar-refractivity contribution in [3.05, 3.63) is 35.9 Å². The maximum atomic E-state index is 13.8. The van der Waals surface area contributed by atoms with Crippen molar-refractivity contribution in [2.45, 2.75) is 51.6 Å². The summed E-state index contributed by atoms with van der Waals surface area (Å²) in [6.45, 7) is 7.29. The van der Waals surface area contributed by atoms with Crippen LogP contribution in [0.4, 0.5) is 0 Å². The molecule has 25 heavy (non-hydrogen) atoms. The number of carbonyl (C=O) groups excluding carboxylic acids is 1. The monoisotopic (exact) mass is 347 g/mol. The predicted octanol–water partition coefficient (Wildman–Crippen LogP) is 2.85. The molecule has 2 rings (SSSR count). The van der Waals surface area contributed by atoms with Crippen molar-refractivity contribution in [3.63, 3.8) is 0 Å². The van der Waals surface area contributed by atoms with Crippen molar-refractivity contribution < 1.29 is 19.1 Å². The lowest BCUT2D eigenvalue weighted by Crippen LogP contribution is -2.56. The highest BCUT2D eigenvalue weighted by molar-refractivity contribution is 5.81. The van der Waals surface area contributed by atoms with Gasteiger partial charge in [0.15, 0.2) is 0 Å². The van der Waals surface area contributed by atoms with Gasteiger partial charge in [0.1, 0.15) is 13.2 Å². The van der Waals surface area contributed by atoms with Gasteiger partial charge in [-0.05, 0) is 25.3 Å². The Morgan fingerprint density at radius 1 is 1.16 bits per heavy atom. The number of hydrogen-bond donors (Lipinski definition) is 0. The first-order chi connectivity index (χ1) is 12.0. The SMILES string of the molecule is CC[N+](C)(CC)CCOC(=O)C([O-])(c1ccccc1)C1CCCCC1. The maximum absolute atomic E-state index is 13.8. The lowest BCUT2D eigenvalue weighted by Gasteiger charge is -2.46. The Kier molecular flexibility index (Phi) is 7.03. The molecule has 1 unspecified atom stereocenters. The van der Waals surface area contributed by atoms with Crippen LogP contribution in [0.1, 0.15) is 51.5 Å². The fraction of sp³-hybridized carbons (Fsp3) is 0.667.